The van der Waals surface area contributed by atoms with E-state index >= 15 is 0 Å². The molecule has 10 heteroatoms. The van der Waals surface area contributed by atoms with Crippen molar-refractivity contribution in [3.05, 3.63) is 53.6 Å². The first-order valence-electron chi connectivity index (χ1n) is 11.2. The molecule has 0 atom stereocenters. The Morgan fingerprint density at radius 3 is 2.21 bits per heavy atom. The molecule has 3 rings (SSSR count). The monoisotopic (exact) mass is 489 g/mol. The molecule has 0 spiro atoms. The second kappa shape index (κ2) is 11.8. The maximum absolute atomic E-state index is 13.3. The minimum atomic E-state index is -3.82. The van der Waals surface area contributed by atoms with Gasteiger partial charge in [-0.1, -0.05) is 25.0 Å². The van der Waals surface area contributed by atoms with Crippen molar-refractivity contribution in [2.24, 2.45) is 0 Å². The predicted octanol–water partition coefficient (Wildman–Crippen LogP) is 2.31. The summed E-state index contributed by atoms with van der Waals surface area (Å²) in [6.07, 6.45) is 3.58. The fourth-order valence-electron chi connectivity index (χ4n) is 3.71. The van der Waals surface area contributed by atoms with Crippen molar-refractivity contribution in [2.75, 3.05) is 33.9 Å². The van der Waals surface area contributed by atoms with E-state index in [-0.39, 0.29) is 28.7 Å². The highest BCUT2D eigenvalue weighted by Gasteiger charge is 2.29. The van der Waals surface area contributed by atoms with Gasteiger partial charge in [0.15, 0.2) is 0 Å². The summed E-state index contributed by atoms with van der Waals surface area (Å²) in [6.45, 7) is 0.946. The maximum atomic E-state index is 13.3. The minimum absolute atomic E-state index is 0.0477. The molecule has 2 amide bonds. The third-order valence-electron chi connectivity index (χ3n) is 5.67. The Morgan fingerprint density at radius 1 is 0.912 bits per heavy atom. The van der Waals surface area contributed by atoms with Gasteiger partial charge in [-0.2, -0.15) is 4.31 Å². The molecular formula is C24H31N3O6S. The van der Waals surface area contributed by atoms with E-state index in [9.17, 15) is 18.0 Å². The van der Waals surface area contributed by atoms with Crippen molar-refractivity contribution in [2.45, 2.75) is 37.1 Å². The average Bonchev–Trinajstić information content (AvgIpc) is 3.16. The summed E-state index contributed by atoms with van der Waals surface area (Å²) in [5.74, 6) is -0.0123. The van der Waals surface area contributed by atoms with Crippen LogP contribution in [0.4, 0.5) is 0 Å². The van der Waals surface area contributed by atoms with Gasteiger partial charge < -0.3 is 20.1 Å². The van der Waals surface area contributed by atoms with E-state index < -0.39 is 15.9 Å². The molecule has 0 bridgehead atoms. The van der Waals surface area contributed by atoms with Crippen LogP contribution in [0.1, 0.15) is 41.6 Å². The Labute approximate surface area is 200 Å². The van der Waals surface area contributed by atoms with Gasteiger partial charge >= 0.3 is 0 Å². The lowest BCUT2D eigenvalue weighted by molar-refractivity contribution is -0.120. The normalized spacial score (nSPS) is 14.6. The molecule has 0 aromatic heterocycles. The molecule has 0 unspecified atom stereocenters. The Balaban J connectivity index is 1.63. The van der Waals surface area contributed by atoms with Crippen LogP contribution in [0.3, 0.4) is 0 Å². The van der Waals surface area contributed by atoms with Crippen LogP contribution in [0.25, 0.3) is 0 Å². The van der Waals surface area contributed by atoms with E-state index in [4.69, 9.17) is 9.47 Å². The van der Waals surface area contributed by atoms with Gasteiger partial charge in [0.1, 0.15) is 16.4 Å². The third-order valence-corrected chi connectivity index (χ3v) is 7.59. The van der Waals surface area contributed by atoms with E-state index in [2.05, 4.69) is 10.6 Å². The molecule has 0 aliphatic carbocycles. The van der Waals surface area contributed by atoms with Crippen LogP contribution in [0.2, 0.25) is 0 Å². The number of amides is 2. The lowest BCUT2D eigenvalue weighted by atomic mass is 10.2. The average molecular weight is 490 g/mol. The smallest absolute Gasteiger partial charge is 0.251 e. The van der Waals surface area contributed by atoms with Gasteiger partial charge in [0.05, 0.1) is 20.8 Å². The minimum Gasteiger partial charge on any atom is -0.497 e. The van der Waals surface area contributed by atoms with Crippen LogP contribution in [0.15, 0.2) is 47.4 Å². The largest absolute Gasteiger partial charge is 0.497 e. The number of hydrogen-bond donors (Lipinski definition) is 2. The summed E-state index contributed by atoms with van der Waals surface area (Å²) in [4.78, 5) is 24.8. The van der Waals surface area contributed by atoms with Crippen LogP contribution in [-0.4, -0.2) is 58.4 Å². The summed E-state index contributed by atoms with van der Waals surface area (Å²) >= 11 is 0. The van der Waals surface area contributed by atoms with Crippen molar-refractivity contribution in [1.82, 2.24) is 14.9 Å². The number of rotatable bonds is 9. The highest BCUT2D eigenvalue weighted by molar-refractivity contribution is 7.89. The second-order valence-corrected chi connectivity index (χ2v) is 9.90. The Bertz CT molecular complexity index is 1090. The number of sulfonamides is 1. The standard InChI is InChI=1S/C24H31N3O6S/c1-32-20-10-7-18(8-11-20)16-25-23(28)17-26-24(29)19-9-12-21(33-2)22(15-19)34(30,31)27-13-5-3-4-6-14-27/h7-12,15H,3-6,13-14,16-17H2,1-2H3,(H,25,28)(H,26,29). The summed E-state index contributed by atoms with van der Waals surface area (Å²) in [6, 6.07) is 11.5. The number of benzene rings is 2. The summed E-state index contributed by atoms with van der Waals surface area (Å²) in [5, 5.41) is 5.27. The lowest BCUT2D eigenvalue weighted by Crippen LogP contribution is -2.36. The first-order chi connectivity index (χ1) is 16.3. The van der Waals surface area contributed by atoms with Gasteiger partial charge in [-0.25, -0.2) is 8.42 Å². The molecule has 2 aromatic rings. The molecule has 1 aliphatic rings. The van der Waals surface area contributed by atoms with E-state index in [1.165, 1.54) is 29.6 Å². The summed E-state index contributed by atoms with van der Waals surface area (Å²) in [5.41, 5.74) is 1.02. The van der Waals surface area contributed by atoms with Gasteiger partial charge in [-0.05, 0) is 48.7 Å². The van der Waals surface area contributed by atoms with E-state index in [0.717, 1.165) is 37.0 Å². The number of ether oxygens (including phenoxy) is 2. The molecule has 1 aliphatic heterocycles. The fourth-order valence-corrected chi connectivity index (χ4v) is 5.41. The van der Waals surface area contributed by atoms with Crippen molar-refractivity contribution < 1.29 is 27.5 Å². The van der Waals surface area contributed by atoms with Crippen LogP contribution in [0, 0.1) is 0 Å². The molecular weight excluding hydrogens is 458 g/mol. The highest BCUT2D eigenvalue weighted by Crippen LogP contribution is 2.29. The van der Waals surface area contributed by atoms with Crippen LogP contribution < -0.4 is 20.1 Å². The maximum Gasteiger partial charge on any atom is 0.251 e. The highest BCUT2D eigenvalue weighted by atomic mass is 32.2. The van der Waals surface area contributed by atoms with Crippen LogP contribution in [0.5, 0.6) is 11.5 Å². The molecule has 2 aromatic carbocycles. The Morgan fingerprint density at radius 2 is 1.59 bits per heavy atom. The molecule has 1 fully saturated rings. The number of nitrogens with one attached hydrogen (secondary N) is 2. The second-order valence-electron chi connectivity index (χ2n) is 7.99. The number of carbonyl (C=O) groups excluding carboxylic acids is 2. The summed E-state index contributed by atoms with van der Waals surface area (Å²) < 4.78 is 38.3. The molecule has 1 saturated heterocycles. The van der Waals surface area contributed by atoms with Gasteiger partial charge in [-0.3, -0.25) is 9.59 Å². The Hall–Kier alpha value is -3.11. The van der Waals surface area contributed by atoms with E-state index in [1.54, 1.807) is 19.2 Å². The van der Waals surface area contributed by atoms with Crippen LogP contribution >= 0.6 is 0 Å². The SMILES string of the molecule is COc1ccc(CNC(=O)CNC(=O)c2ccc(OC)c(S(=O)(=O)N3CCCCCC3)c2)cc1. The van der Waals surface area contributed by atoms with Gasteiger partial charge in [0.25, 0.3) is 5.91 Å². The molecule has 0 saturated carbocycles. The lowest BCUT2D eigenvalue weighted by Gasteiger charge is -2.21. The Kier molecular flexibility index (Phi) is 8.89. The molecule has 1 heterocycles. The van der Waals surface area contributed by atoms with Gasteiger partial charge in [0.2, 0.25) is 15.9 Å². The molecule has 2 N–H and O–H groups in total. The van der Waals surface area contributed by atoms with Gasteiger partial charge in [0, 0.05) is 25.2 Å². The molecule has 34 heavy (non-hydrogen) atoms. The predicted molar refractivity (Wildman–Crippen MR) is 127 cm³/mol. The molecule has 184 valence electrons. The fraction of sp³-hybridized carbons (Fsp3) is 0.417. The van der Waals surface area contributed by atoms with E-state index in [1.807, 2.05) is 12.1 Å². The van der Waals surface area contributed by atoms with Gasteiger partial charge in [-0.15, -0.1) is 0 Å². The zero-order chi connectivity index (χ0) is 24.6. The first-order valence-corrected chi connectivity index (χ1v) is 12.6. The number of carbonyl (C=O) groups is 2. The van der Waals surface area contributed by atoms with E-state index in [0.29, 0.717) is 19.6 Å². The topological polar surface area (TPSA) is 114 Å². The molecule has 9 nitrogen and oxygen atoms in total. The van der Waals surface area contributed by atoms with Crippen molar-refractivity contribution in [3.8, 4) is 11.5 Å². The van der Waals surface area contributed by atoms with Crippen LogP contribution in [-0.2, 0) is 21.4 Å². The zero-order valence-electron chi connectivity index (χ0n) is 19.5. The zero-order valence-corrected chi connectivity index (χ0v) is 20.3. The van der Waals surface area contributed by atoms with Crippen molar-refractivity contribution >= 4 is 21.8 Å². The van der Waals surface area contributed by atoms with Crippen molar-refractivity contribution in [3.63, 3.8) is 0 Å². The molecule has 0 radical (unpaired) electrons. The number of nitrogens with zero attached hydrogens (tertiary/aromatic N) is 1. The number of hydrogen-bond acceptors (Lipinski definition) is 6. The van der Waals surface area contributed by atoms with Crippen molar-refractivity contribution in [1.29, 1.82) is 0 Å². The first kappa shape index (κ1) is 25.5. The summed E-state index contributed by atoms with van der Waals surface area (Å²) in [7, 11) is -0.848. The quantitative estimate of drug-likeness (QED) is 0.559. The number of methoxy groups -OCH3 is 2. The third kappa shape index (κ3) is 6.48.